The molecular weight excluding hydrogens is 493 g/mol. The SMILES string of the molecule is CCCCCCCCCCCCCCCCCCCCCCCCCCCCCCC(P)C(C#N)(C#N)C#N. The van der Waals surface area contributed by atoms with Crippen LogP contribution in [0.25, 0.3) is 0 Å². The summed E-state index contributed by atoms with van der Waals surface area (Å²) < 4.78 is 0. The average molecular weight is 558 g/mol. The Morgan fingerprint density at radius 1 is 0.410 bits per heavy atom. The van der Waals surface area contributed by atoms with Crippen molar-refractivity contribution in [2.45, 2.75) is 199 Å². The van der Waals surface area contributed by atoms with Gasteiger partial charge in [0.05, 0.1) is 0 Å². The van der Waals surface area contributed by atoms with Crippen LogP contribution >= 0.6 is 9.24 Å². The maximum Gasteiger partial charge on any atom is 0.234 e. The summed E-state index contributed by atoms with van der Waals surface area (Å²) in [5.41, 5.74) is -1.77. The van der Waals surface area contributed by atoms with E-state index < -0.39 is 5.41 Å². The maximum atomic E-state index is 9.14. The van der Waals surface area contributed by atoms with E-state index in [2.05, 4.69) is 16.2 Å². The van der Waals surface area contributed by atoms with Crippen LogP contribution in [0.15, 0.2) is 0 Å². The molecule has 0 amide bonds. The predicted octanol–water partition coefficient (Wildman–Crippen LogP) is 12.1. The van der Waals surface area contributed by atoms with Crippen LogP contribution in [0.2, 0.25) is 0 Å². The van der Waals surface area contributed by atoms with E-state index in [4.69, 9.17) is 15.8 Å². The molecule has 0 aliphatic carbocycles. The molecule has 0 aromatic rings. The lowest BCUT2D eigenvalue weighted by Gasteiger charge is -2.18. The second-order valence-electron chi connectivity index (χ2n) is 12.1. The first-order chi connectivity index (χ1) is 19.2. The molecule has 0 rings (SSSR count). The van der Waals surface area contributed by atoms with Crippen molar-refractivity contribution in [1.29, 1.82) is 15.8 Å². The molecule has 2 unspecified atom stereocenters. The van der Waals surface area contributed by atoms with E-state index in [-0.39, 0.29) is 5.66 Å². The van der Waals surface area contributed by atoms with Gasteiger partial charge in [-0.1, -0.05) is 187 Å². The molecule has 224 valence electrons. The van der Waals surface area contributed by atoms with Gasteiger partial charge in [-0.15, -0.1) is 9.24 Å². The average Bonchev–Trinajstić information content (AvgIpc) is 2.95. The Balaban J connectivity index is 3.21. The first-order valence-electron chi connectivity index (χ1n) is 17.2. The summed E-state index contributed by atoms with van der Waals surface area (Å²) in [6.45, 7) is 2.30. The fourth-order valence-electron chi connectivity index (χ4n) is 5.57. The lowest BCUT2D eigenvalue weighted by Crippen LogP contribution is -2.26. The zero-order chi connectivity index (χ0) is 28.7. The van der Waals surface area contributed by atoms with Gasteiger partial charge in [0.15, 0.2) is 0 Å². The van der Waals surface area contributed by atoms with Gasteiger partial charge in [0.25, 0.3) is 0 Å². The van der Waals surface area contributed by atoms with E-state index in [0.717, 1.165) is 19.3 Å². The van der Waals surface area contributed by atoms with Crippen molar-refractivity contribution in [3.8, 4) is 18.2 Å². The number of unbranched alkanes of at least 4 members (excludes halogenated alkanes) is 27. The molecule has 0 spiro atoms. The highest BCUT2D eigenvalue weighted by Gasteiger charge is 2.36. The molecule has 0 bridgehead atoms. The Bertz CT molecular complexity index is 606. The van der Waals surface area contributed by atoms with Gasteiger partial charge in [-0.2, -0.15) is 15.8 Å². The van der Waals surface area contributed by atoms with Crippen LogP contribution in [0.5, 0.6) is 0 Å². The van der Waals surface area contributed by atoms with Crippen molar-refractivity contribution in [2.75, 3.05) is 0 Å². The Hall–Kier alpha value is -1.10. The van der Waals surface area contributed by atoms with E-state index in [0.29, 0.717) is 0 Å². The van der Waals surface area contributed by atoms with E-state index in [9.17, 15) is 0 Å². The van der Waals surface area contributed by atoms with Crippen molar-refractivity contribution >= 4 is 9.24 Å². The van der Waals surface area contributed by atoms with Crippen molar-refractivity contribution in [1.82, 2.24) is 0 Å². The molecule has 4 heteroatoms. The van der Waals surface area contributed by atoms with Crippen molar-refractivity contribution in [3.05, 3.63) is 0 Å². The van der Waals surface area contributed by atoms with Gasteiger partial charge in [0.2, 0.25) is 5.41 Å². The molecule has 0 fully saturated rings. The van der Waals surface area contributed by atoms with Gasteiger partial charge in [0, 0.05) is 5.66 Å². The summed E-state index contributed by atoms with van der Waals surface area (Å²) >= 11 is 0. The van der Waals surface area contributed by atoms with Gasteiger partial charge in [0.1, 0.15) is 18.2 Å². The third kappa shape index (κ3) is 23.3. The van der Waals surface area contributed by atoms with Crippen LogP contribution in [0.3, 0.4) is 0 Å². The minimum Gasteiger partial charge on any atom is -0.195 e. The molecule has 0 aliphatic rings. The first-order valence-corrected chi connectivity index (χ1v) is 17.8. The lowest BCUT2D eigenvalue weighted by molar-refractivity contribution is 0.508. The molecule has 0 aromatic heterocycles. The summed E-state index contributed by atoms with van der Waals surface area (Å²) in [6.07, 6.45) is 39.7. The van der Waals surface area contributed by atoms with Crippen molar-refractivity contribution in [2.24, 2.45) is 5.41 Å². The van der Waals surface area contributed by atoms with E-state index in [1.165, 1.54) is 167 Å². The summed E-state index contributed by atoms with van der Waals surface area (Å²) in [7, 11) is 2.54. The molecule has 0 aliphatic heterocycles. The van der Waals surface area contributed by atoms with Gasteiger partial charge in [-0.05, 0) is 6.42 Å². The zero-order valence-corrected chi connectivity index (χ0v) is 27.2. The highest BCUT2D eigenvalue weighted by atomic mass is 31.0. The largest absolute Gasteiger partial charge is 0.234 e. The van der Waals surface area contributed by atoms with Crippen LogP contribution in [0, 0.1) is 39.4 Å². The molecule has 0 aromatic carbocycles. The zero-order valence-electron chi connectivity index (χ0n) is 26.0. The molecule has 3 nitrogen and oxygen atoms in total. The number of rotatable bonds is 30. The third-order valence-electron chi connectivity index (χ3n) is 8.45. The monoisotopic (exact) mass is 557 g/mol. The Labute approximate surface area is 247 Å². The Morgan fingerprint density at radius 2 is 0.615 bits per heavy atom. The summed E-state index contributed by atoms with van der Waals surface area (Å²) in [5, 5.41) is 27.4. The highest BCUT2D eigenvalue weighted by Crippen LogP contribution is 2.30. The minimum atomic E-state index is -1.50. The van der Waals surface area contributed by atoms with E-state index in [1.807, 2.05) is 18.2 Å². The Kier molecular flexibility index (Phi) is 29.0. The van der Waals surface area contributed by atoms with Crippen molar-refractivity contribution < 1.29 is 0 Å². The van der Waals surface area contributed by atoms with Crippen LogP contribution in [0.1, 0.15) is 193 Å². The molecular formula is C35H64N3P. The van der Waals surface area contributed by atoms with Gasteiger partial charge in [-0.3, -0.25) is 0 Å². The van der Waals surface area contributed by atoms with Gasteiger partial charge < -0.3 is 0 Å². The number of hydrogen-bond acceptors (Lipinski definition) is 3. The highest BCUT2D eigenvalue weighted by molar-refractivity contribution is 7.17. The smallest absolute Gasteiger partial charge is 0.195 e. The standard InChI is InChI=1S/C35H64N3P/c1-2-3-4-5-6-7-8-9-10-11-12-13-14-15-16-17-18-19-20-21-22-23-24-25-26-27-28-29-30-34(39)35(31-36,32-37)33-38/h34H,2-30,39H2,1H3. The Morgan fingerprint density at radius 3 is 0.821 bits per heavy atom. The van der Waals surface area contributed by atoms with Gasteiger partial charge in [-0.25, -0.2) is 0 Å². The third-order valence-corrected chi connectivity index (χ3v) is 9.29. The fourth-order valence-corrected chi connectivity index (χ4v) is 6.03. The molecule has 2 atom stereocenters. The van der Waals surface area contributed by atoms with Crippen LogP contribution in [-0.2, 0) is 0 Å². The number of nitriles is 3. The molecule has 0 radical (unpaired) electrons. The van der Waals surface area contributed by atoms with Crippen molar-refractivity contribution in [3.63, 3.8) is 0 Å². The summed E-state index contributed by atoms with van der Waals surface area (Å²) in [4.78, 5) is 0. The van der Waals surface area contributed by atoms with Gasteiger partial charge >= 0.3 is 0 Å². The number of nitrogens with zero attached hydrogens (tertiary/aromatic N) is 3. The van der Waals surface area contributed by atoms with Crippen LogP contribution in [0.4, 0.5) is 0 Å². The molecule has 0 heterocycles. The second kappa shape index (κ2) is 29.9. The predicted molar refractivity (Wildman–Crippen MR) is 172 cm³/mol. The fraction of sp³-hybridized carbons (Fsp3) is 0.914. The lowest BCUT2D eigenvalue weighted by atomic mass is 9.86. The normalized spacial score (nSPS) is 12.1. The van der Waals surface area contributed by atoms with Crippen LogP contribution in [-0.4, -0.2) is 5.66 Å². The first kappa shape index (κ1) is 37.9. The summed E-state index contributed by atoms with van der Waals surface area (Å²) in [5.74, 6) is 0. The maximum absolute atomic E-state index is 9.14. The minimum absolute atomic E-state index is 0.262. The topological polar surface area (TPSA) is 71.4 Å². The molecule has 0 N–H and O–H groups in total. The van der Waals surface area contributed by atoms with E-state index in [1.54, 1.807) is 0 Å². The molecule has 0 saturated heterocycles. The molecule has 0 saturated carbocycles. The molecule has 39 heavy (non-hydrogen) atoms. The second-order valence-corrected chi connectivity index (χ2v) is 12.9. The number of hydrogen-bond donors (Lipinski definition) is 0. The van der Waals surface area contributed by atoms with E-state index >= 15 is 0 Å². The summed E-state index contributed by atoms with van der Waals surface area (Å²) in [6, 6.07) is 5.68. The quantitative estimate of drug-likeness (QED) is 0.0651. The van der Waals surface area contributed by atoms with Crippen LogP contribution < -0.4 is 0 Å².